The van der Waals surface area contributed by atoms with Gasteiger partial charge in [0.1, 0.15) is 6.17 Å². The van der Waals surface area contributed by atoms with Crippen molar-refractivity contribution in [2.24, 2.45) is 5.92 Å². The molecule has 0 heterocycles. The second-order valence-electron chi connectivity index (χ2n) is 3.12. The number of aliphatic hydroxyl groups excluding tert-OH is 1. The van der Waals surface area contributed by atoms with Crippen LogP contribution >= 0.6 is 0 Å². The second kappa shape index (κ2) is 3.85. The highest BCUT2D eigenvalue weighted by Gasteiger charge is 2.33. The minimum absolute atomic E-state index is 0.188. The Kier molecular flexibility index (Phi) is 3.03. The van der Waals surface area contributed by atoms with Crippen LogP contribution in [-0.4, -0.2) is 30.5 Å². The maximum absolute atomic E-state index is 12.7. The molecule has 1 rings (SSSR count). The molecule has 1 aliphatic rings. The van der Waals surface area contributed by atoms with Crippen LogP contribution in [0.5, 0.6) is 0 Å². The third-order valence-corrected chi connectivity index (χ3v) is 2.27. The van der Waals surface area contributed by atoms with Crippen molar-refractivity contribution in [1.82, 2.24) is 0 Å². The number of carbonyl (C=O) groups is 1. The Morgan fingerprint density at radius 2 is 2.25 bits per heavy atom. The van der Waals surface area contributed by atoms with Gasteiger partial charge in [-0.05, 0) is 19.3 Å². The van der Waals surface area contributed by atoms with Gasteiger partial charge in [0.15, 0.2) is 0 Å². The zero-order valence-corrected chi connectivity index (χ0v) is 7.00. The number of alkyl halides is 1. The van der Waals surface area contributed by atoms with Crippen LogP contribution in [0.4, 0.5) is 4.39 Å². The highest BCUT2D eigenvalue weighted by molar-refractivity contribution is 5.72. The van der Waals surface area contributed by atoms with Crippen LogP contribution in [0.3, 0.4) is 0 Å². The van der Waals surface area contributed by atoms with Crippen LogP contribution in [0.1, 0.15) is 19.3 Å². The van der Waals surface area contributed by atoms with Gasteiger partial charge in [-0.1, -0.05) is 0 Å². The van der Waals surface area contributed by atoms with Crippen molar-refractivity contribution in [3.05, 3.63) is 0 Å². The van der Waals surface area contributed by atoms with E-state index in [-0.39, 0.29) is 24.7 Å². The van der Waals surface area contributed by atoms with Crippen LogP contribution in [0.15, 0.2) is 0 Å². The first-order chi connectivity index (χ1) is 5.65. The molecule has 0 saturated heterocycles. The lowest BCUT2D eigenvalue weighted by atomic mass is 9.86. The molecule has 3 nitrogen and oxygen atoms in total. The first-order valence-corrected chi connectivity index (χ1v) is 4.05. The predicted octanol–water partition coefficient (Wildman–Crippen LogP) is 0.658. The van der Waals surface area contributed by atoms with Gasteiger partial charge in [-0.15, -0.1) is 0 Å². The summed E-state index contributed by atoms with van der Waals surface area (Å²) in [4.78, 5) is 11.0. The number of aliphatic hydroxyl groups is 1. The van der Waals surface area contributed by atoms with E-state index in [9.17, 15) is 9.18 Å². The summed E-state index contributed by atoms with van der Waals surface area (Å²) < 4.78 is 17.2. The number of esters is 1. The monoisotopic (exact) mass is 176 g/mol. The largest absolute Gasteiger partial charge is 0.469 e. The minimum Gasteiger partial charge on any atom is -0.469 e. The summed E-state index contributed by atoms with van der Waals surface area (Å²) >= 11 is 0. The summed E-state index contributed by atoms with van der Waals surface area (Å²) in [5.74, 6) is -0.669. The fourth-order valence-corrected chi connectivity index (χ4v) is 1.49. The number of halogens is 1. The van der Waals surface area contributed by atoms with Crippen molar-refractivity contribution in [2.45, 2.75) is 31.5 Å². The van der Waals surface area contributed by atoms with E-state index in [1.165, 1.54) is 7.11 Å². The molecule has 1 aliphatic carbocycles. The fourth-order valence-electron chi connectivity index (χ4n) is 1.49. The Morgan fingerprint density at radius 1 is 1.58 bits per heavy atom. The van der Waals surface area contributed by atoms with Crippen molar-refractivity contribution < 1.29 is 19.0 Å². The van der Waals surface area contributed by atoms with Gasteiger partial charge in [-0.3, -0.25) is 4.79 Å². The highest BCUT2D eigenvalue weighted by Crippen LogP contribution is 2.27. The Balaban J connectivity index is 2.45. The van der Waals surface area contributed by atoms with Gasteiger partial charge in [-0.2, -0.15) is 0 Å². The van der Waals surface area contributed by atoms with Gasteiger partial charge in [0.05, 0.1) is 19.1 Å². The average Bonchev–Trinajstić information content (AvgIpc) is 2.08. The van der Waals surface area contributed by atoms with Crippen LogP contribution in [-0.2, 0) is 9.53 Å². The van der Waals surface area contributed by atoms with E-state index in [1.807, 2.05) is 0 Å². The van der Waals surface area contributed by atoms with E-state index >= 15 is 0 Å². The Labute approximate surface area is 70.5 Å². The van der Waals surface area contributed by atoms with Crippen molar-refractivity contribution >= 4 is 5.97 Å². The van der Waals surface area contributed by atoms with Gasteiger partial charge in [-0.25, -0.2) is 4.39 Å². The molecule has 1 saturated carbocycles. The van der Waals surface area contributed by atoms with Gasteiger partial charge in [0, 0.05) is 0 Å². The number of methoxy groups -OCH3 is 1. The molecular formula is C8H13FO3. The number of rotatable bonds is 1. The molecular weight excluding hydrogens is 163 g/mol. The molecule has 0 bridgehead atoms. The van der Waals surface area contributed by atoms with Crippen molar-refractivity contribution in [2.75, 3.05) is 7.11 Å². The maximum Gasteiger partial charge on any atom is 0.308 e. The van der Waals surface area contributed by atoms with Crippen LogP contribution < -0.4 is 0 Å². The van der Waals surface area contributed by atoms with Crippen molar-refractivity contribution in [3.8, 4) is 0 Å². The molecule has 12 heavy (non-hydrogen) atoms. The van der Waals surface area contributed by atoms with Gasteiger partial charge < -0.3 is 9.84 Å². The van der Waals surface area contributed by atoms with E-state index in [0.717, 1.165) is 0 Å². The van der Waals surface area contributed by atoms with E-state index in [0.29, 0.717) is 6.42 Å². The van der Waals surface area contributed by atoms with Crippen LogP contribution in [0, 0.1) is 5.92 Å². The normalized spacial score (nSPS) is 36.1. The highest BCUT2D eigenvalue weighted by atomic mass is 19.1. The topological polar surface area (TPSA) is 46.5 Å². The van der Waals surface area contributed by atoms with Gasteiger partial charge in [0.2, 0.25) is 0 Å². The third kappa shape index (κ3) is 1.94. The zero-order chi connectivity index (χ0) is 9.14. The first-order valence-electron chi connectivity index (χ1n) is 4.05. The molecule has 3 unspecified atom stereocenters. The smallest absolute Gasteiger partial charge is 0.308 e. The standard InChI is InChI=1S/C8H13FO3/c1-12-8(11)5-2-3-6(9)7(10)4-5/h5-7,10H,2-4H2,1H3. The average molecular weight is 176 g/mol. The second-order valence-corrected chi connectivity index (χ2v) is 3.12. The summed E-state index contributed by atoms with van der Waals surface area (Å²) in [5.41, 5.74) is 0. The van der Waals surface area contributed by atoms with Crippen molar-refractivity contribution in [1.29, 1.82) is 0 Å². The van der Waals surface area contributed by atoms with E-state index in [4.69, 9.17) is 5.11 Å². The number of hydrogen-bond acceptors (Lipinski definition) is 3. The Morgan fingerprint density at radius 3 is 2.75 bits per heavy atom. The van der Waals surface area contributed by atoms with E-state index < -0.39 is 12.3 Å². The summed E-state index contributed by atoms with van der Waals surface area (Å²) in [6, 6.07) is 0. The number of carbonyl (C=O) groups excluding carboxylic acids is 1. The molecule has 1 N–H and O–H groups in total. The van der Waals surface area contributed by atoms with E-state index in [2.05, 4.69) is 4.74 Å². The maximum atomic E-state index is 12.7. The number of ether oxygens (including phenoxy) is 1. The molecule has 0 spiro atoms. The molecule has 3 atom stereocenters. The molecule has 0 radical (unpaired) electrons. The molecule has 0 aromatic carbocycles. The summed E-state index contributed by atoms with van der Waals surface area (Å²) in [7, 11) is 1.30. The van der Waals surface area contributed by atoms with E-state index in [1.54, 1.807) is 0 Å². The Bertz CT molecular complexity index is 172. The predicted molar refractivity (Wildman–Crippen MR) is 40.3 cm³/mol. The molecule has 0 aromatic heterocycles. The fraction of sp³-hybridized carbons (Fsp3) is 0.875. The Hall–Kier alpha value is -0.640. The molecule has 0 aromatic rings. The first kappa shape index (κ1) is 9.45. The quantitative estimate of drug-likeness (QED) is 0.597. The lowest BCUT2D eigenvalue weighted by Gasteiger charge is -2.26. The molecule has 0 aliphatic heterocycles. The molecule has 70 valence electrons. The zero-order valence-electron chi connectivity index (χ0n) is 7.00. The SMILES string of the molecule is COC(=O)C1CCC(F)C(O)C1. The van der Waals surface area contributed by atoms with Gasteiger partial charge in [0.25, 0.3) is 0 Å². The lowest BCUT2D eigenvalue weighted by molar-refractivity contribution is -0.148. The van der Waals surface area contributed by atoms with Crippen molar-refractivity contribution in [3.63, 3.8) is 0 Å². The third-order valence-electron chi connectivity index (χ3n) is 2.27. The number of hydrogen-bond donors (Lipinski definition) is 1. The summed E-state index contributed by atoms with van der Waals surface area (Å²) in [5, 5.41) is 9.11. The minimum atomic E-state index is -1.18. The van der Waals surface area contributed by atoms with Gasteiger partial charge >= 0.3 is 5.97 Å². The summed E-state index contributed by atoms with van der Waals surface area (Å²) in [6.07, 6.45) is -1.26. The molecule has 4 heteroatoms. The van der Waals surface area contributed by atoms with Crippen LogP contribution in [0.25, 0.3) is 0 Å². The molecule has 0 amide bonds. The lowest BCUT2D eigenvalue weighted by Crippen LogP contribution is -2.34. The van der Waals surface area contributed by atoms with Crippen LogP contribution in [0.2, 0.25) is 0 Å². The summed E-state index contributed by atoms with van der Waals surface area (Å²) in [6.45, 7) is 0. The molecule has 1 fully saturated rings.